The number of fused-ring (bicyclic) bond motifs is 3. The lowest BCUT2D eigenvalue weighted by Gasteiger charge is -2.27. The predicted octanol–water partition coefficient (Wildman–Crippen LogP) is 3.27. The number of nitrogens with zero attached hydrogens (tertiary/aromatic N) is 2. The standard InChI is InChI=1S/C19H23N3O3S/c1-3-25-19(23)17-15-11-26-16-9-13(24-2)6-7-14(16)18(15)22(21-17)12-5-4-8-20-10-12/h6-7,9,12,20H,3-5,8,10-11H2,1-2H3. The van der Waals surface area contributed by atoms with Gasteiger partial charge in [0.2, 0.25) is 0 Å². The van der Waals surface area contributed by atoms with Crippen LogP contribution in [0.3, 0.4) is 0 Å². The van der Waals surface area contributed by atoms with E-state index in [1.807, 2.05) is 13.0 Å². The average Bonchev–Trinajstić information content (AvgIpc) is 3.08. The number of carbonyl (C=O) groups excluding carboxylic acids is 1. The molecule has 0 radical (unpaired) electrons. The molecule has 3 heterocycles. The van der Waals surface area contributed by atoms with Gasteiger partial charge in [0.25, 0.3) is 0 Å². The van der Waals surface area contributed by atoms with Crippen LogP contribution < -0.4 is 10.1 Å². The highest BCUT2D eigenvalue weighted by molar-refractivity contribution is 7.98. The largest absolute Gasteiger partial charge is 0.497 e. The molecule has 1 saturated heterocycles. The van der Waals surface area contributed by atoms with Crippen LogP contribution in [0.5, 0.6) is 5.75 Å². The van der Waals surface area contributed by atoms with E-state index >= 15 is 0 Å². The van der Waals surface area contributed by atoms with Crippen LogP contribution in [0.4, 0.5) is 0 Å². The van der Waals surface area contributed by atoms with Crippen LogP contribution in [0, 0.1) is 0 Å². The van der Waals surface area contributed by atoms with Gasteiger partial charge in [0, 0.05) is 28.3 Å². The minimum absolute atomic E-state index is 0.249. The minimum Gasteiger partial charge on any atom is -0.497 e. The van der Waals surface area contributed by atoms with Crippen LogP contribution >= 0.6 is 11.8 Å². The summed E-state index contributed by atoms with van der Waals surface area (Å²) >= 11 is 1.71. The molecule has 1 aromatic carbocycles. The van der Waals surface area contributed by atoms with E-state index in [4.69, 9.17) is 14.6 Å². The lowest BCUT2D eigenvalue weighted by atomic mass is 10.0. The Labute approximate surface area is 157 Å². The van der Waals surface area contributed by atoms with E-state index < -0.39 is 0 Å². The second-order valence-electron chi connectivity index (χ2n) is 6.49. The van der Waals surface area contributed by atoms with Crippen molar-refractivity contribution in [2.75, 3.05) is 26.8 Å². The van der Waals surface area contributed by atoms with E-state index in [1.54, 1.807) is 18.9 Å². The maximum absolute atomic E-state index is 12.5. The normalized spacial score (nSPS) is 18.8. The second kappa shape index (κ2) is 7.32. The predicted molar refractivity (Wildman–Crippen MR) is 101 cm³/mol. The quantitative estimate of drug-likeness (QED) is 0.830. The van der Waals surface area contributed by atoms with Gasteiger partial charge in [0.1, 0.15) is 5.75 Å². The first kappa shape index (κ1) is 17.4. The van der Waals surface area contributed by atoms with E-state index in [2.05, 4.69) is 22.1 Å². The van der Waals surface area contributed by atoms with Gasteiger partial charge in [-0.25, -0.2) is 4.79 Å². The molecule has 0 aliphatic carbocycles. The molecular weight excluding hydrogens is 350 g/mol. The molecule has 1 unspecified atom stereocenters. The Bertz CT molecular complexity index is 828. The van der Waals surface area contributed by atoms with Gasteiger partial charge in [-0.3, -0.25) is 4.68 Å². The molecule has 1 atom stereocenters. The van der Waals surface area contributed by atoms with E-state index in [-0.39, 0.29) is 12.0 Å². The number of benzene rings is 1. The topological polar surface area (TPSA) is 65.4 Å². The number of carbonyl (C=O) groups is 1. The molecule has 1 aromatic heterocycles. The fraction of sp³-hybridized carbons (Fsp3) is 0.474. The van der Waals surface area contributed by atoms with Crippen molar-refractivity contribution < 1.29 is 14.3 Å². The Morgan fingerprint density at radius 2 is 2.35 bits per heavy atom. The van der Waals surface area contributed by atoms with Crippen LogP contribution in [-0.2, 0) is 10.5 Å². The maximum atomic E-state index is 12.5. The van der Waals surface area contributed by atoms with Crippen molar-refractivity contribution in [3.63, 3.8) is 0 Å². The summed E-state index contributed by atoms with van der Waals surface area (Å²) in [5, 5.41) is 8.18. The number of nitrogens with one attached hydrogen (secondary N) is 1. The van der Waals surface area contributed by atoms with Gasteiger partial charge < -0.3 is 14.8 Å². The van der Waals surface area contributed by atoms with E-state index in [1.165, 1.54) is 0 Å². The zero-order chi connectivity index (χ0) is 18.1. The third-order valence-corrected chi connectivity index (χ3v) is 5.99. The average molecular weight is 373 g/mol. The Hall–Kier alpha value is -1.99. The Morgan fingerprint density at radius 1 is 1.46 bits per heavy atom. The first-order chi connectivity index (χ1) is 12.7. The molecule has 0 saturated carbocycles. The third-order valence-electron chi connectivity index (χ3n) is 4.91. The molecule has 1 fully saturated rings. The zero-order valence-corrected chi connectivity index (χ0v) is 15.9. The monoisotopic (exact) mass is 373 g/mol. The SMILES string of the molecule is CCOC(=O)c1nn(C2CCCNC2)c2c1CSc1cc(OC)ccc1-2. The first-order valence-corrected chi connectivity index (χ1v) is 10.0. The highest BCUT2D eigenvalue weighted by atomic mass is 32.2. The molecule has 2 aliphatic heterocycles. The fourth-order valence-electron chi connectivity index (χ4n) is 3.66. The molecule has 6 nitrogen and oxygen atoms in total. The highest BCUT2D eigenvalue weighted by Gasteiger charge is 2.32. The van der Waals surface area contributed by atoms with Crippen molar-refractivity contribution in [1.29, 1.82) is 0 Å². The lowest BCUT2D eigenvalue weighted by molar-refractivity contribution is 0.0517. The van der Waals surface area contributed by atoms with Gasteiger partial charge in [0.15, 0.2) is 5.69 Å². The van der Waals surface area contributed by atoms with E-state index in [9.17, 15) is 4.79 Å². The third kappa shape index (κ3) is 2.99. The van der Waals surface area contributed by atoms with E-state index in [0.29, 0.717) is 18.1 Å². The number of rotatable bonds is 4. The van der Waals surface area contributed by atoms with Gasteiger partial charge in [-0.05, 0) is 44.5 Å². The smallest absolute Gasteiger partial charge is 0.359 e. The van der Waals surface area contributed by atoms with Crippen LogP contribution in [0.25, 0.3) is 11.3 Å². The Balaban J connectivity index is 1.85. The number of thioether (sulfide) groups is 1. The van der Waals surface area contributed by atoms with Crippen molar-refractivity contribution in [3.05, 3.63) is 29.5 Å². The first-order valence-electron chi connectivity index (χ1n) is 9.03. The van der Waals surface area contributed by atoms with Crippen LogP contribution in [-0.4, -0.2) is 42.6 Å². The maximum Gasteiger partial charge on any atom is 0.359 e. The summed E-state index contributed by atoms with van der Waals surface area (Å²) in [6.07, 6.45) is 2.17. The summed E-state index contributed by atoms with van der Waals surface area (Å²) in [7, 11) is 1.68. The van der Waals surface area contributed by atoms with Crippen molar-refractivity contribution in [1.82, 2.24) is 15.1 Å². The molecule has 0 bridgehead atoms. The van der Waals surface area contributed by atoms with Gasteiger partial charge in [-0.2, -0.15) is 5.10 Å². The Morgan fingerprint density at radius 3 is 3.08 bits per heavy atom. The Kier molecular flexibility index (Phi) is 4.91. The molecule has 7 heteroatoms. The zero-order valence-electron chi connectivity index (χ0n) is 15.1. The molecule has 0 spiro atoms. The van der Waals surface area contributed by atoms with Crippen LogP contribution in [0.1, 0.15) is 41.9 Å². The van der Waals surface area contributed by atoms with Gasteiger partial charge in [0.05, 0.1) is 25.5 Å². The highest BCUT2D eigenvalue weighted by Crippen LogP contribution is 2.45. The second-order valence-corrected chi connectivity index (χ2v) is 7.51. The number of piperidine rings is 1. The summed E-state index contributed by atoms with van der Waals surface area (Å²) in [6, 6.07) is 6.35. The van der Waals surface area contributed by atoms with Crippen LogP contribution in [0.15, 0.2) is 23.1 Å². The van der Waals surface area contributed by atoms with Crippen molar-refractivity contribution >= 4 is 17.7 Å². The summed E-state index contributed by atoms with van der Waals surface area (Å²) in [5.74, 6) is 1.23. The van der Waals surface area contributed by atoms with Crippen molar-refractivity contribution in [2.45, 2.75) is 36.5 Å². The van der Waals surface area contributed by atoms with E-state index in [0.717, 1.165) is 53.4 Å². The summed E-state index contributed by atoms with van der Waals surface area (Å²) in [5.41, 5.74) is 3.61. The van der Waals surface area contributed by atoms with Crippen molar-refractivity contribution in [2.24, 2.45) is 0 Å². The summed E-state index contributed by atoms with van der Waals surface area (Å²) < 4.78 is 12.7. The molecule has 1 N–H and O–H groups in total. The number of hydrogen-bond acceptors (Lipinski definition) is 6. The van der Waals surface area contributed by atoms with Crippen molar-refractivity contribution in [3.8, 4) is 17.0 Å². The minimum atomic E-state index is -0.330. The number of ether oxygens (including phenoxy) is 2. The molecule has 0 amide bonds. The molecular formula is C19H23N3O3S. The van der Waals surface area contributed by atoms with Crippen LogP contribution in [0.2, 0.25) is 0 Å². The molecule has 4 rings (SSSR count). The number of methoxy groups -OCH3 is 1. The number of aromatic nitrogens is 2. The van der Waals surface area contributed by atoms with Gasteiger partial charge in [-0.15, -0.1) is 11.8 Å². The summed E-state index contributed by atoms with van der Waals surface area (Å²) in [4.78, 5) is 13.6. The molecule has 26 heavy (non-hydrogen) atoms. The molecule has 138 valence electrons. The number of hydrogen-bond donors (Lipinski definition) is 1. The summed E-state index contributed by atoms with van der Waals surface area (Å²) in [6.45, 7) is 4.08. The number of esters is 1. The molecule has 2 aromatic rings. The lowest BCUT2D eigenvalue weighted by Crippen LogP contribution is -2.32. The molecule has 2 aliphatic rings. The van der Waals surface area contributed by atoms with Gasteiger partial charge >= 0.3 is 5.97 Å². The van der Waals surface area contributed by atoms with Gasteiger partial charge in [-0.1, -0.05) is 0 Å². The fourth-order valence-corrected chi connectivity index (χ4v) is 4.75.